The van der Waals surface area contributed by atoms with Gasteiger partial charge in [0, 0.05) is 12.8 Å². The first-order valence-electron chi connectivity index (χ1n) is 21.8. The largest absolute Gasteiger partial charge is 0.463 e. The quantitative estimate of drug-likeness (QED) is 0.0295. The zero-order valence-corrected chi connectivity index (χ0v) is 34.4. The van der Waals surface area contributed by atoms with Crippen molar-refractivity contribution in [2.24, 2.45) is 5.92 Å². The van der Waals surface area contributed by atoms with Gasteiger partial charge < -0.3 is 19.3 Å². The van der Waals surface area contributed by atoms with Crippen LogP contribution in [0.25, 0.3) is 0 Å². The van der Waals surface area contributed by atoms with E-state index >= 15 is 0 Å². The fourth-order valence-corrected chi connectivity index (χ4v) is 6.22. The van der Waals surface area contributed by atoms with Gasteiger partial charge in [-0.25, -0.2) is 0 Å². The first-order chi connectivity index (χ1) is 25.9. The van der Waals surface area contributed by atoms with Crippen molar-refractivity contribution in [2.45, 2.75) is 206 Å². The van der Waals surface area contributed by atoms with Gasteiger partial charge in [-0.2, -0.15) is 0 Å². The Bertz CT molecular complexity index is 1010. The molecule has 1 rings (SSSR count). The van der Waals surface area contributed by atoms with Crippen LogP contribution >= 0.6 is 0 Å². The summed E-state index contributed by atoms with van der Waals surface area (Å²) in [5.74, 6) is 0.192. The molecular formula is C47H80O6. The van der Waals surface area contributed by atoms with E-state index in [2.05, 4.69) is 69.4 Å². The van der Waals surface area contributed by atoms with Gasteiger partial charge in [-0.05, 0) is 57.3 Å². The van der Waals surface area contributed by atoms with Crippen LogP contribution in [0.5, 0.6) is 0 Å². The van der Waals surface area contributed by atoms with Gasteiger partial charge in [-0.3, -0.25) is 9.59 Å². The number of hydrogen-bond donors (Lipinski definition) is 1. The van der Waals surface area contributed by atoms with E-state index in [0.29, 0.717) is 25.0 Å². The first kappa shape index (κ1) is 48.6. The number of epoxide rings is 1. The topological polar surface area (TPSA) is 85.4 Å². The van der Waals surface area contributed by atoms with E-state index < -0.39 is 6.10 Å². The van der Waals surface area contributed by atoms with Crippen LogP contribution in [0.3, 0.4) is 0 Å². The number of esters is 2. The lowest BCUT2D eigenvalue weighted by Crippen LogP contribution is -2.25. The fraction of sp³-hybridized carbons (Fsp3) is 0.745. The Kier molecular flexibility index (Phi) is 33.5. The lowest BCUT2D eigenvalue weighted by Gasteiger charge is -2.12. The number of hydrogen-bond acceptors (Lipinski definition) is 6. The Morgan fingerprint density at radius 3 is 1.42 bits per heavy atom. The third-order valence-corrected chi connectivity index (χ3v) is 9.61. The van der Waals surface area contributed by atoms with Crippen LogP contribution in [0, 0.1) is 5.92 Å². The highest BCUT2D eigenvalue weighted by molar-refractivity contribution is 5.70. The number of unbranched alkanes of at least 4 members (excludes halogenated alkanes) is 15. The smallest absolute Gasteiger partial charge is 0.306 e. The van der Waals surface area contributed by atoms with Gasteiger partial charge in [0.25, 0.3) is 0 Å². The van der Waals surface area contributed by atoms with Crippen LogP contribution in [0.15, 0.2) is 60.8 Å². The number of rotatable bonds is 37. The molecule has 1 N–H and O–H groups in total. The van der Waals surface area contributed by atoms with Crippen molar-refractivity contribution in [2.75, 3.05) is 13.2 Å². The molecule has 2 unspecified atom stereocenters. The number of allylic oxidation sites excluding steroid dienone is 8. The summed E-state index contributed by atoms with van der Waals surface area (Å²) in [4.78, 5) is 24.0. The molecule has 1 aliphatic heterocycles. The molecule has 0 aromatic carbocycles. The highest BCUT2D eigenvalue weighted by Crippen LogP contribution is 2.29. The van der Waals surface area contributed by atoms with Crippen molar-refractivity contribution in [1.82, 2.24) is 0 Å². The van der Waals surface area contributed by atoms with Crippen molar-refractivity contribution >= 4 is 11.9 Å². The van der Waals surface area contributed by atoms with Crippen molar-refractivity contribution < 1.29 is 28.9 Å². The van der Waals surface area contributed by atoms with Crippen LogP contribution in [0.2, 0.25) is 0 Å². The molecule has 0 spiro atoms. The molecule has 1 heterocycles. The molecular weight excluding hydrogens is 661 g/mol. The van der Waals surface area contributed by atoms with Crippen LogP contribution in [-0.2, 0) is 23.8 Å². The molecule has 0 aromatic rings. The van der Waals surface area contributed by atoms with E-state index in [1.807, 2.05) is 12.2 Å². The highest BCUT2D eigenvalue weighted by atomic mass is 16.6. The summed E-state index contributed by atoms with van der Waals surface area (Å²) in [7, 11) is 0. The molecule has 0 bridgehead atoms. The summed E-state index contributed by atoms with van der Waals surface area (Å²) >= 11 is 0. The minimum atomic E-state index is -0.999. The summed E-state index contributed by atoms with van der Waals surface area (Å²) in [5.41, 5.74) is 0. The normalized spacial score (nSPS) is 16.7. The number of carbonyl (C=O) groups is 2. The van der Waals surface area contributed by atoms with Gasteiger partial charge in [0.05, 0.1) is 12.2 Å². The lowest BCUT2D eigenvalue weighted by atomic mass is 10.0. The van der Waals surface area contributed by atoms with E-state index in [4.69, 9.17) is 14.2 Å². The van der Waals surface area contributed by atoms with Gasteiger partial charge in [0.1, 0.15) is 19.3 Å². The van der Waals surface area contributed by atoms with Crippen molar-refractivity contribution in [3.63, 3.8) is 0 Å². The molecule has 0 aromatic heterocycles. The molecule has 53 heavy (non-hydrogen) atoms. The third-order valence-electron chi connectivity index (χ3n) is 9.61. The Morgan fingerprint density at radius 1 is 0.547 bits per heavy atom. The van der Waals surface area contributed by atoms with Gasteiger partial charge in [-0.15, -0.1) is 0 Å². The molecule has 6 nitrogen and oxygen atoms in total. The number of ether oxygens (including phenoxy) is 3. The molecule has 0 amide bonds. The highest BCUT2D eigenvalue weighted by Gasteiger charge is 2.35. The monoisotopic (exact) mass is 741 g/mol. The third kappa shape index (κ3) is 35.0. The predicted octanol–water partition coefficient (Wildman–Crippen LogP) is 12.8. The molecule has 304 valence electrons. The van der Waals surface area contributed by atoms with E-state index in [0.717, 1.165) is 63.7 Å². The predicted molar refractivity (Wildman–Crippen MR) is 223 cm³/mol. The summed E-state index contributed by atoms with van der Waals surface area (Å²) in [6, 6.07) is 0. The molecule has 6 heteroatoms. The summed E-state index contributed by atoms with van der Waals surface area (Å²) in [5, 5.41) is 10.0. The maximum absolute atomic E-state index is 12.0. The number of carbonyl (C=O) groups excluding carboxylic acids is 2. The minimum Gasteiger partial charge on any atom is -0.463 e. The van der Waals surface area contributed by atoms with Gasteiger partial charge in [-0.1, -0.05) is 184 Å². The van der Waals surface area contributed by atoms with Gasteiger partial charge in [0.15, 0.2) is 0 Å². The molecule has 1 fully saturated rings. The molecule has 0 saturated carbocycles. The number of aliphatic hydroxyl groups is 1. The zero-order valence-electron chi connectivity index (χ0n) is 34.4. The van der Waals surface area contributed by atoms with Gasteiger partial charge >= 0.3 is 11.9 Å². The standard InChI is InChI=1S/C47H80O6/c1-4-5-30-36-44-45(53-44)37-32-27-23-19-15-12-13-17-21-25-29-34-39-47(50)52-41-43(48)40-51-46(49)38-33-28-24-20-16-11-9-7-6-8-10-14-18-22-26-31-35-42(2)3/h5,13,15,17,19,25,27,29-30,32,42-45,48H,4,6-12,14,16,18,20-24,26,28,31,33-41H2,1-3H3/b17-13-,19-15-,29-25-,30-5-,32-27-/t43-,44?,45?/m1/s1. The Morgan fingerprint density at radius 2 is 0.943 bits per heavy atom. The van der Waals surface area contributed by atoms with Crippen LogP contribution < -0.4 is 0 Å². The molecule has 3 atom stereocenters. The summed E-state index contributed by atoms with van der Waals surface area (Å²) < 4.78 is 16.0. The summed E-state index contributed by atoms with van der Waals surface area (Å²) in [6.07, 6.45) is 50.5. The van der Waals surface area contributed by atoms with Crippen LogP contribution in [-0.4, -0.2) is 48.6 Å². The van der Waals surface area contributed by atoms with E-state index in [1.165, 1.54) is 89.9 Å². The van der Waals surface area contributed by atoms with Gasteiger partial charge in [0.2, 0.25) is 0 Å². The van der Waals surface area contributed by atoms with Crippen molar-refractivity contribution in [1.29, 1.82) is 0 Å². The minimum absolute atomic E-state index is 0.143. The van der Waals surface area contributed by atoms with Crippen molar-refractivity contribution in [3.05, 3.63) is 60.8 Å². The number of aliphatic hydroxyl groups excluding tert-OH is 1. The fourth-order valence-electron chi connectivity index (χ4n) is 6.22. The Hall–Kier alpha value is -2.44. The molecule has 1 saturated heterocycles. The van der Waals surface area contributed by atoms with E-state index in [-0.39, 0.29) is 31.6 Å². The summed E-state index contributed by atoms with van der Waals surface area (Å²) in [6.45, 7) is 6.48. The van der Waals surface area contributed by atoms with Crippen LogP contribution in [0.1, 0.15) is 188 Å². The van der Waals surface area contributed by atoms with E-state index in [9.17, 15) is 14.7 Å². The SMILES string of the molecule is CC/C=C\CC1OC1C/C=C\C/C=C\C/C=C\C/C=C\CCC(=O)OC[C@H](O)COC(=O)CCCCCCCCCCCCCCCCCCC(C)C. The lowest BCUT2D eigenvalue weighted by molar-refractivity contribution is -0.152. The molecule has 0 radical (unpaired) electrons. The average molecular weight is 741 g/mol. The maximum Gasteiger partial charge on any atom is 0.306 e. The van der Waals surface area contributed by atoms with E-state index in [1.54, 1.807) is 0 Å². The average Bonchev–Trinajstić information content (AvgIpc) is 3.90. The van der Waals surface area contributed by atoms with Crippen LogP contribution in [0.4, 0.5) is 0 Å². The second-order valence-electron chi connectivity index (χ2n) is 15.3. The Balaban J connectivity index is 1.84. The zero-order chi connectivity index (χ0) is 38.5. The Labute approximate surface area is 326 Å². The second kappa shape index (κ2) is 36.5. The van der Waals surface area contributed by atoms with Crippen molar-refractivity contribution in [3.8, 4) is 0 Å². The first-order valence-corrected chi connectivity index (χ1v) is 21.8. The second-order valence-corrected chi connectivity index (χ2v) is 15.3. The molecule has 0 aliphatic carbocycles. The maximum atomic E-state index is 12.0. The molecule has 1 aliphatic rings.